The first kappa shape index (κ1) is 25.2. The number of hydrogen-bond acceptors (Lipinski definition) is 0. The zero-order valence-electron chi connectivity index (χ0n) is 17.3. The monoisotopic (exact) mass is 641 g/mol. The molecule has 3 rings (SSSR count). The van der Waals surface area contributed by atoms with Crippen molar-refractivity contribution in [3.05, 3.63) is 96.6 Å². The topological polar surface area (TPSA) is 0 Å². The largest absolute Gasteiger partial charge is 1.00 e. The molecule has 3 aromatic carbocycles. The molecule has 0 N–H and O–H groups in total. The van der Waals surface area contributed by atoms with Gasteiger partial charge in [-0.3, -0.25) is 0 Å². The number of benzene rings is 3. The molecule has 0 aliphatic heterocycles. The number of rotatable bonds is 9. The molecular weight excluding hydrogens is 611 g/mol. The van der Waals surface area contributed by atoms with E-state index in [1.165, 1.54) is 32.7 Å². The van der Waals surface area contributed by atoms with Gasteiger partial charge in [0.1, 0.15) is 0 Å². The maximum Gasteiger partial charge on any atom is -1.00 e. The first-order valence-electron chi connectivity index (χ1n) is 9.97. The van der Waals surface area contributed by atoms with E-state index < -0.39 is 0 Å². The Labute approximate surface area is 211 Å². The van der Waals surface area contributed by atoms with Crippen LogP contribution in [0.2, 0.25) is 10.6 Å². The Hall–Kier alpha value is -1.05. The van der Waals surface area contributed by atoms with Crippen LogP contribution < -0.4 is 32.9 Å². The van der Waals surface area contributed by atoms with Crippen molar-refractivity contribution < 1.29 is 28.5 Å². The van der Waals surface area contributed by atoms with E-state index in [0.717, 1.165) is 16.6 Å². The van der Waals surface area contributed by atoms with Gasteiger partial charge in [0.25, 0.3) is 0 Å². The van der Waals surface area contributed by atoms with Crippen molar-refractivity contribution >= 4 is 38.8 Å². The molecule has 30 heavy (non-hydrogen) atoms. The molecule has 0 fully saturated rings. The molecule has 0 bridgehead atoms. The predicted molar refractivity (Wildman–Crippen MR) is 127 cm³/mol. The van der Waals surface area contributed by atoms with Crippen LogP contribution in [0.5, 0.6) is 0 Å². The van der Waals surface area contributed by atoms with Crippen LogP contribution in [-0.2, 0) is 0 Å². The second kappa shape index (κ2) is 14.1. The quantitative estimate of drug-likeness (QED) is 0.138. The van der Waals surface area contributed by atoms with Crippen LogP contribution in [-0.4, -0.2) is 61.1 Å². The van der Waals surface area contributed by atoms with Crippen LogP contribution in [0.3, 0.4) is 0 Å². The maximum absolute atomic E-state index is 3.48. The van der Waals surface area contributed by atoms with Gasteiger partial charge in [0.05, 0.1) is 0 Å². The Morgan fingerprint density at radius 2 is 1.10 bits per heavy atom. The first-order valence-corrected chi connectivity index (χ1v) is 14.1. The third-order valence-electron chi connectivity index (χ3n) is 4.75. The molecular formula is C26H28INSe2. The summed E-state index contributed by atoms with van der Waals surface area (Å²) in [5.74, 6) is 6.84. The fourth-order valence-corrected chi connectivity index (χ4v) is 7.61. The maximum atomic E-state index is 3.48. The minimum absolute atomic E-state index is 0. The second-order valence-corrected chi connectivity index (χ2v) is 12.1. The number of halogens is 1. The van der Waals surface area contributed by atoms with Crippen molar-refractivity contribution in [2.45, 2.75) is 10.6 Å². The van der Waals surface area contributed by atoms with Gasteiger partial charge in [-0.1, -0.05) is 0 Å². The molecule has 4 heteroatoms. The van der Waals surface area contributed by atoms with Crippen molar-refractivity contribution in [3.63, 3.8) is 0 Å². The molecule has 0 spiro atoms. The predicted octanol–water partition coefficient (Wildman–Crippen LogP) is 0.385. The first-order chi connectivity index (χ1) is 14.2. The number of nitrogens with zero attached hydrogens (tertiary/aromatic N) is 1. The number of quaternary nitrogens is 1. The molecule has 0 aromatic heterocycles. The summed E-state index contributed by atoms with van der Waals surface area (Å²) in [7, 11) is 2.39. The van der Waals surface area contributed by atoms with Crippen LogP contribution in [0.1, 0.15) is 5.56 Å². The van der Waals surface area contributed by atoms with E-state index in [1.54, 1.807) is 0 Å². The minimum Gasteiger partial charge on any atom is -1.00 e. The Bertz CT molecular complexity index is 860. The van der Waals surface area contributed by atoms with E-state index >= 15 is 0 Å². The molecule has 0 heterocycles. The zero-order valence-corrected chi connectivity index (χ0v) is 22.9. The van der Waals surface area contributed by atoms with Gasteiger partial charge in [0.2, 0.25) is 0 Å². The van der Waals surface area contributed by atoms with Gasteiger partial charge in [0, 0.05) is 0 Å². The van der Waals surface area contributed by atoms with Crippen LogP contribution >= 0.6 is 0 Å². The molecule has 0 saturated heterocycles. The number of hydrogen-bond donors (Lipinski definition) is 0. The van der Waals surface area contributed by atoms with E-state index in [0.29, 0.717) is 29.9 Å². The summed E-state index contributed by atoms with van der Waals surface area (Å²) in [4.78, 5) is 0. The van der Waals surface area contributed by atoms with Crippen LogP contribution in [0.15, 0.2) is 91.0 Å². The molecule has 0 radical (unpaired) electrons. The average molecular weight is 639 g/mol. The van der Waals surface area contributed by atoms with Gasteiger partial charge in [-0.15, -0.1) is 0 Å². The van der Waals surface area contributed by atoms with Gasteiger partial charge >= 0.3 is 189 Å². The molecule has 0 atom stereocenters. The standard InChI is InChI=1S/C26H28NSe2.HI/c1-27(19-11-14-24-12-5-2-6-13-24,20-22-28-25-15-7-3-8-16-25)21-23-29-26-17-9-4-10-18-26;/h2-10,12-13,15-18H,19-23H2,1H3;1H/q+1;/p-1. The normalized spacial score (nSPS) is 10.6. The second-order valence-electron chi connectivity index (χ2n) is 7.22. The Kier molecular flexibility index (Phi) is 11.8. The summed E-state index contributed by atoms with van der Waals surface area (Å²) in [5.41, 5.74) is 1.11. The average Bonchev–Trinajstić information content (AvgIpc) is 2.76. The minimum atomic E-state index is 0. The third-order valence-corrected chi connectivity index (χ3v) is 8.92. The third kappa shape index (κ3) is 9.39. The Morgan fingerprint density at radius 1 is 0.667 bits per heavy atom. The molecule has 0 aliphatic rings. The molecule has 0 saturated carbocycles. The molecule has 3 aromatic rings. The Balaban J connectivity index is 0.00000320. The van der Waals surface area contributed by atoms with Gasteiger partial charge in [-0.25, -0.2) is 0 Å². The van der Waals surface area contributed by atoms with Crippen molar-refractivity contribution in [1.29, 1.82) is 0 Å². The van der Waals surface area contributed by atoms with Gasteiger partial charge < -0.3 is 24.0 Å². The summed E-state index contributed by atoms with van der Waals surface area (Å²) in [6.07, 6.45) is 0. The van der Waals surface area contributed by atoms with Gasteiger partial charge in [-0.05, 0) is 0 Å². The summed E-state index contributed by atoms with van der Waals surface area (Å²) in [6, 6.07) is 32.2. The summed E-state index contributed by atoms with van der Waals surface area (Å²) < 4.78 is 4.04. The van der Waals surface area contributed by atoms with Crippen LogP contribution in [0.25, 0.3) is 0 Å². The fraction of sp³-hybridized carbons (Fsp3) is 0.231. The van der Waals surface area contributed by atoms with Crippen molar-refractivity contribution in [1.82, 2.24) is 0 Å². The molecule has 0 unspecified atom stereocenters. The van der Waals surface area contributed by atoms with Gasteiger partial charge in [-0.2, -0.15) is 0 Å². The summed E-state index contributed by atoms with van der Waals surface area (Å²) in [6.45, 7) is 3.32. The summed E-state index contributed by atoms with van der Waals surface area (Å²) >= 11 is 1.08. The van der Waals surface area contributed by atoms with Crippen molar-refractivity contribution in [2.24, 2.45) is 0 Å². The SMILES string of the molecule is C[N+](CC#Cc1ccccc1)(CC[Se]c1ccccc1)CC[Se]c1ccccc1.[I-]. The molecule has 156 valence electrons. The Morgan fingerprint density at radius 3 is 1.57 bits per heavy atom. The molecule has 0 aliphatic carbocycles. The van der Waals surface area contributed by atoms with Crippen LogP contribution in [0.4, 0.5) is 0 Å². The summed E-state index contributed by atoms with van der Waals surface area (Å²) in [5, 5.41) is 2.53. The van der Waals surface area contributed by atoms with Crippen molar-refractivity contribution in [3.8, 4) is 11.8 Å². The van der Waals surface area contributed by atoms with Gasteiger partial charge in [0.15, 0.2) is 0 Å². The zero-order chi connectivity index (χ0) is 20.2. The van der Waals surface area contributed by atoms with Crippen LogP contribution in [0, 0.1) is 11.8 Å². The van der Waals surface area contributed by atoms with E-state index in [4.69, 9.17) is 0 Å². The smallest absolute Gasteiger partial charge is 1.00 e. The molecule has 0 amide bonds. The molecule has 1 nitrogen and oxygen atoms in total. The van der Waals surface area contributed by atoms with E-state index in [9.17, 15) is 0 Å². The van der Waals surface area contributed by atoms with Crippen molar-refractivity contribution in [2.75, 3.05) is 26.7 Å². The van der Waals surface area contributed by atoms with E-state index in [2.05, 4.69) is 104 Å². The van der Waals surface area contributed by atoms with E-state index in [1.807, 2.05) is 6.07 Å². The fourth-order valence-electron chi connectivity index (χ4n) is 2.93. The van der Waals surface area contributed by atoms with E-state index in [-0.39, 0.29) is 24.0 Å².